The fourth-order valence-electron chi connectivity index (χ4n) is 0.991. The van der Waals surface area contributed by atoms with Crippen LogP contribution in [0.4, 0.5) is 4.79 Å². The summed E-state index contributed by atoms with van der Waals surface area (Å²) >= 11 is 0. The average Bonchev–Trinajstić information content (AvgIpc) is 2.37. The number of hydrogen-bond acceptors (Lipinski definition) is 4. The van der Waals surface area contributed by atoms with Crippen molar-refractivity contribution in [3.8, 4) is 0 Å². The number of hydrogen-bond donors (Lipinski definition) is 1. The lowest BCUT2D eigenvalue weighted by Crippen LogP contribution is -2.09. The zero-order valence-electron chi connectivity index (χ0n) is 6.28. The molecule has 0 bridgehead atoms. The van der Waals surface area contributed by atoms with Gasteiger partial charge in [0.25, 0.3) is 0 Å². The van der Waals surface area contributed by atoms with E-state index in [0.29, 0.717) is 6.61 Å². The molecule has 0 saturated carbocycles. The van der Waals surface area contributed by atoms with Crippen molar-refractivity contribution in [1.82, 2.24) is 0 Å². The van der Waals surface area contributed by atoms with Crippen molar-refractivity contribution >= 4 is 6.16 Å². The summed E-state index contributed by atoms with van der Waals surface area (Å²) in [6.07, 6.45) is 1.76. The summed E-state index contributed by atoms with van der Waals surface area (Å²) in [5.74, 6) is 0. The standard InChI is InChI=1S/C7H12O4/c8-4-2-1-3-6-5-10-7(9)11-6/h6,8H,1-5H2. The van der Waals surface area contributed by atoms with E-state index in [0.717, 1.165) is 19.3 Å². The smallest absolute Gasteiger partial charge is 0.430 e. The van der Waals surface area contributed by atoms with Gasteiger partial charge in [0.05, 0.1) is 0 Å². The molecule has 0 radical (unpaired) electrons. The molecule has 4 heteroatoms. The predicted molar refractivity (Wildman–Crippen MR) is 37.2 cm³/mol. The molecule has 1 unspecified atom stereocenters. The van der Waals surface area contributed by atoms with Crippen LogP contribution >= 0.6 is 0 Å². The van der Waals surface area contributed by atoms with Crippen LogP contribution in [0.15, 0.2) is 0 Å². The van der Waals surface area contributed by atoms with Gasteiger partial charge in [-0.3, -0.25) is 0 Å². The van der Waals surface area contributed by atoms with Crippen molar-refractivity contribution in [3.63, 3.8) is 0 Å². The monoisotopic (exact) mass is 160 g/mol. The second kappa shape index (κ2) is 4.18. The first-order chi connectivity index (χ1) is 5.33. The third kappa shape index (κ3) is 2.76. The lowest BCUT2D eigenvalue weighted by molar-refractivity contribution is 0.115. The van der Waals surface area contributed by atoms with Crippen molar-refractivity contribution in [3.05, 3.63) is 0 Å². The van der Waals surface area contributed by atoms with Crippen LogP contribution in [0.25, 0.3) is 0 Å². The number of aliphatic hydroxyl groups is 1. The molecule has 1 atom stereocenters. The van der Waals surface area contributed by atoms with Gasteiger partial charge >= 0.3 is 6.16 Å². The van der Waals surface area contributed by atoms with Gasteiger partial charge in [0.15, 0.2) is 0 Å². The van der Waals surface area contributed by atoms with Crippen LogP contribution in [0.2, 0.25) is 0 Å². The molecule has 4 nitrogen and oxygen atoms in total. The summed E-state index contributed by atoms with van der Waals surface area (Å²) in [4.78, 5) is 10.4. The number of cyclic esters (lactones) is 2. The van der Waals surface area contributed by atoms with Gasteiger partial charge in [0, 0.05) is 6.61 Å². The summed E-state index contributed by atoms with van der Waals surface area (Å²) < 4.78 is 9.34. The Kier molecular flexibility index (Phi) is 3.16. The Morgan fingerprint density at radius 1 is 1.55 bits per heavy atom. The molecule has 0 spiro atoms. The molecule has 64 valence electrons. The second-order valence-corrected chi connectivity index (χ2v) is 2.52. The Balaban J connectivity index is 2.04. The van der Waals surface area contributed by atoms with E-state index < -0.39 is 6.16 Å². The van der Waals surface area contributed by atoms with E-state index in [1.807, 2.05) is 0 Å². The van der Waals surface area contributed by atoms with Gasteiger partial charge in [-0.1, -0.05) is 0 Å². The van der Waals surface area contributed by atoms with Crippen molar-refractivity contribution in [2.45, 2.75) is 25.4 Å². The van der Waals surface area contributed by atoms with Crippen molar-refractivity contribution in [2.24, 2.45) is 0 Å². The molecule has 1 saturated heterocycles. The number of ether oxygens (including phenoxy) is 2. The Bertz CT molecular complexity index is 134. The van der Waals surface area contributed by atoms with E-state index in [2.05, 4.69) is 4.74 Å². The molecule has 1 N–H and O–H groups in total. The summed E-state index contributed by atoms with van der Waals surface area (Å²) in [7, 11) is 0. The maximum atomic E-state index is 10.4. The van der Waals surface area contributed by atoms with Crippen LogP contribution < -0.4 is 0 Å². The van der Waals surface area contributed by atoms with E-state index in [4.69, 9.17) is 9.84 Å². The molecule has 1 heterocycles. The minimum Gasteiger partial charge on any atom is -0.430 e. The summed E-state index contributed by atoms with van der Waals surface area (Å²) in [5.41, 5.74) is 0. The van der Waals surface area contributed by atoms with Gasteiger partial charge < -0.3 is 14.6 Å². The second-order valence-electron chi connectivity index (χ2n) is 2.52. The first kappa shape index (κ1) is 8.33. The highest BCUT2D eigenvalue weighted by Crippen LogP contribution is 2.12. The lowest BCUT2D eigenvalue weighted by Gasteiger charge is -2.03. The minimum absolute atomic E-state index is 0.0888. The quantitative estimate of drug-likeness (QED) is 0.485. The van der Waals surface area contributed by atoms with Gasteiger partial charge in [-0.25, -0.2) is 4.79 Å². The molecule has 0 aromatic carbocycles. The zero-order valence-corrected chi connectivity index (χ0v) is 6.28. The highest BCUT2D eigenvalue weighted by Gasteiger charge is 2.23. The van der Waals surface area contributed by atoms with Crippen LogP contribution in [0.5, 0.6) is 0 Å². The van der Waals surface area contributed by atoms with Crippen molar-refractivity contribution in [1.29, 1.82) is 0 Å². The summed E-state index contributed by atoms with van der Waals surface area (Å²) in [6, 6.07) is 0. The van der Waals surface area contributed by atoms with Crippen molar-refractivity contribution < 1.29 is 19.4 Å². The molecule has 1 rings (SSSR count). The van der Waals surface area contributed by atoms with Gasteiger partial charge in [-0.15, -0.1) is 0 Å². The van der Waals surface area contributed by atoms with Crippen molar-refractivity contribution in [2.75, 3.05) is 13.2 Å². The van der Waals surface area contributed by atoms with Gasteiger partial charge in [-0.2, -0.15) is 0 Å². The van der Waals surface area contributed by atoms with E-state index in [-0.39, 0.29) is 12.7 Å². The largest absolute Gasteiger partial charge is 0.508 e. The normalized spacial score (nSPS) is 23.0. The zero-order chi connectivity index (χ0) is 8.10. The highest BCUT2D eigenvalue weighted by molar-refractivity contribution is 5.61. The van der Waals surface area contributed by atoms with Gasteiger partial charge in [-0.05, 0) is 19.3 Å². The minimum atomic E-state index is -0.570. The highest BCUT2D eigenvalue weighted by atomic mass is 16.8. The number of carbonyl (C=O) groups excluding carboxylic acids is 1. The van der Waals surface area contributed by atoms with Crippen LogP contribution in [-0.4, -0.2) is 30.6 Å². The molecule has 11 heavy (non-hydrogen) atoms. The van der Waals surface area contributed by atoms with E-state index >= 15 is 0 Å². The maximum Gasteiger partial charge on any atom is 0.508 e. The summed E-state index contributed by atoms with van der Waals surface area (Å²) in [6.45, 7) is 0.561. The first-order valence-electron chi connectivity index (χ1n) is 3.77. The fourth-order valence-corrected chi connectivity index (χ4v) is 0.991. The Morgan fingerprint density at radius 2 is 2.36 bits per heavy atom. The predicted octanol–water partition coefficient (Wildman–Crippen LogP) is 0.684. The first-order valence-corrected chi connectivity index (χ1v) is 3.77. The molecule has 1 fully saturated rings. The van der Waals surface area contributed by atoms with E-state index in [1.165, 1.54) is 0 Å². The molecular weight excluding hydrogens is 148 g/mol. The van der Waals surface area contributed by atoms with Gasteiger partial charge in [0.2, 0.25) is 0 Å². The molecule has 0 aliphatic carbocycles. The molecule has 1 aliphatic heterocycles. The summed E-state index contributed by atoms with van der Waals surface area (Å²) in [5, 5.41) is 8.45. The van der Waals surface area contributed by atoms with Gasteiger partial charge in [0.1, 0.15) is 12.7 Å². The molecule has 1 aliphatic rings. The Morgan fingerprint density at radius 3 is 2.91 bits per heavy atom. The molecular formula is C7H12O4. The number of carbonyl (C=O) groups is 1. The van der Waals surface area contributed by atoms with Crippen LogP contribution in [0.1, 0.15) is 19.3 Å². The van der Waals surface area contributed by atoms with E-state index in [1.54, 1.807) is 0 Å². The fraction of sp³-hybridized carbons (Fsp3) is 0.857. The number of unbranched alkanes of at least 4 members (excludes halogenated alkanes) is 1. The van der Waals surface area contributed by atoms with Crippen LogP contribution in [0, 0.1) is 0 Å². The van der Waals surface area contributed by atoms with Crippen LogP contribution in [0.3, 0.4) is 0 Å². The number of aliphatic hydroxyl groups excluding tert-OH is 1. The maximum absolute atomic E-state index is 10.4. The molecule has 0 aromatic rings. The number of rotatable bonds is 4. The van der Waals surface area contributed by atoms with Crippen LogP contribution in [-0.2, 0) is 9.47 Å². The third-order valence-corrected chi connectivity index (χ3v) is 1.58. The SMILES string of the molecule is O=C1OCC(CCCCO)O1. The van der Waals surface area contributed by atoms with E-state index in [9.17, 15) is 4.79 Å². The topological polar surface area (TPSA) is 55.8 Å². The Hall–Kier alpha value is -0.770. The lowest BCUT2D eigenvalue weighted by atomic mass is 10.2. The average molecular weight is 160 g/mol. The Labute approximate surface area is 65.1 Å². The third-order valence-electron chi connectivity index (χ3n) is 1.58. The molecule has 0 aromatic heterocycles. The molecule has 0 amide bonds.